The van der Waals surface area contributed by atoms with E-state index in [4.69, 9.17) is 0 Å². The molecule has 0 bridgehead atoms. The highest BCUT2D eigenvalue weighted by atomic mass is 79.9. The second-order valence-corrected chi connectivity index (χ2v) is 7.56. The first-order valence-corrected chi connectivity index (χ1v) is 9.45. The van der Waals surface area contributed by atoms with Crippen molar-refractivity contribution in [2.45, 2.75) is 16.6 Å². The van der Waals surface area contributed by atoms with Crippen LogP contribution in [0.3, 0.4) is 0 Å². The zero-order chi connectivity index (χ0) is 16.8. The molecule has 1 atom stereocenters. The van der Waals surface area contributed by atoms with E-state index in [9.17, 15) is 4.79 Å². The van der Waals surface area contributed by atoms with Gasteiger partial charge in [-0.15, -0.1) is 11.8 Å². The van der Waals surface area contributed by atoms with Gasteiger partial charge >= 0.3 is 0 Å². The quantitative estimate of drug-likeness (QED) is 0.346. The van der Waals surface area contributed by atoms with Crippen molar-refractivity contribution in [1.82, 2.24) is 0 Å². The minimum Gasteiger partial charge on any atom is -0.294 e. The summed E-state index contributed by atoms with van der Waals surface area (Å²) in [5, 5.41) is 0.0654. The molecule has 0 N–H and O–H groups in total. The van der Waals surface area contributed by atoms with E-state index in [-0.39, 0.29) is 11.0 Å². The highest BCUT2D eigenvalue weighted by Gasteiger charge is 2.20. The second-order valence-electron chi connectivity index (χ2n) is 5.43. The van der Waals surface area contributed by atoms with E-state index in [2.05, 4.69) is 34.1 Å². The molecule has 0 aliphatic carbocycles. The molecule has 0 aromatic heterocycles. The van der Waals surface area contributed by atoms with Gasteiger partial charge in [0.1, 0.15) is 0 Å². The molecule has 0 amide bonds. The van der Waals surface area contributed by atoms with Gasteiger partial charge in [-0.2, -0.15) is 0 Å². The predicted molar refractivity (Wildman–Crippen MR) is 105 cm³/mol. The Morgan fingerprint density at radius 2 is 1.42 bits per heavy atom. The van der Waals surface area contributed by atoms with Crippen LogP contribution in [0.5, 0.6) is 0 Å². The van der Waals surface area contributed by atoms with Crippen LogP contribution in [0.4, 0.5) is 0 Å². The van der Waals surface area contributed by atoms with E-state index in [0.717, 1.165) is 15.6 Å². The van der Waals surface area contributed by atoms with Crippen molar-refractivity contribution in [3.63, 3.8) is 0 Å². The van der Waals surface area contributed by atoms with Gasteiger partial charge in [0.15, 0.2) is 5.78 Å². The van der Waals surface area contributed by atoms with Crippen molar-refractivity contribution in [2.75, 3.05) is 0 Å². The minimum atomic E-state index is 0.0654. The Labute approximate surface area is 155 Å². The van der Waals surface area contributed by atoms with Crippen molar-refractivity contribution < 1.29 is 4.79 Å². The van der Waals surface area contributed by atoms with Crippen LogP contribution in [-0.2, 0) is 0 Å². The molecule has 0 spiro atoms. The molecule has 0 fully saturated rings. The Morgan fingerprint density at radius 1 is 0.833 bits per heavy atom. The molecule has 0 saturated heterocycles. The summed E-state index contributed by atoms with van der Waals surface area (Å²) < 4.78 is 1.04. The topological polar surface area (TPSA) is 17.1 Å². The molecule has 1 nitrogen and oxygen atoms in total. The first-order valence-electron chi connectivity index (χ1n) is 7.78. The lowest BCUT2D eigenvalue weighted by Gasteiger charge is -2.18. The first kappa shape index (κ1) is 17.0. The van der Waals surface area contributed by atoms with Crippen molar-refractivity contribution in [2.24, 2.45) is 0 Å². The largest absolute Gasteiger partial charge is 0.294 e. The van der Waals surface area contributed by atoms with Crippen LogP contribution in [0.1, 0.15) is 27.6 Å². The standard InChI is InChI=1S/C21H17BrOS/c22-19-14-8-7-13-18(19)21(24-17-11-5-2-6-12-17)15-20(23)16-9-3-1-4-10-16/h1-14,21H,15H2. The molecule has 0 heterocycles. The maximum absolute atomic E-state index is 12.7. The van der Waals surface area contributed by atoms with Gasteiger partial charge < -0.3 is 0 Å². The van der Waals surface area contributed by atoms with Crippen molar-refractivity contribution >= 4 is 33.5 Å². The number of ketones is 1. The van der Waals surface area contributed by atoms with Crippen LogP contribution in [0.15, 0.2) is 94.3 Å². The summed E-state index contributed by atoms with van der Waals surface area (Å²) in [5.41, 5.74) is 1.92. The first-order chi connectivity index (χ1) is 11.7. The predicted octanol–water partition coefficient (Wildman–Crippen LogP) is 6.56. The summed E-state index contributed by atoms with van der Waals surface area (Å²) in [6.07, 6.45) is 0.464. The number of Topliss-reactive ketones (excluding diaryl/α,β-unsaturated/α-hetero) is 1. The Bertz CT molecular complexity index is 802. The van der Waals surface area contributed by atoms with Gasteiger partial charge in [-0.1, -0.05) is 82.7 Å². The fraction of sp³-hybridized carbons (Fsp3) is 0.0952. The number of rotatable bonds is 6. The maximum atomic E-state index is 12.7. The van der Waals surface area contributed by atoms with E-state index in [1.807, 2.05) is 66.7 Å². The summed E-state index contributed by atoms with van der Waals surface area (Å²) in [6, 6.07) is 27.9. The lowest BCUT2D eigenvalue weighted by atomic mass is 10.0. The van der Waals surface area contributed by atoms with E-state index in [1.165, 1.54) is 4.90 Å². The number of hydrogen-bond donors (Lipinski definition) is 0. The average molecular weight is 397 g/mol. The molecule has 0 aliphatic heterocycles. The molecular formula is C21H17BrOS. The molecule has 3 heteroatoms. The highest BCUT2D eigenvalue weighted by Crippen LogP contribution is 2.41. The second kappa shape index (κ2) is 8.32. The number of hydrogen-bond acceptors (Lipinski definition) is 2. The van der Waals surface area contributed by atoms with Crippen molar-refractivity contribution in [3.8, 4) is 0 Å². The van der Waals surface area contributed by atoms with Crippen LogP contribution in [0.25, 0.3) is 0 Å². The molecule has 0 saturated carbocycles. The van der Waals surface area contributed by atoms with Gasteiger partial charge in [0.05, 0.1) is 0 Å². The SMILES string of the molecule is O=C(CC(Sc1ccccc1)c1ccccc1Br)c1ccccc1. The fourth-order valence-electron chi connectivity index (χ4n) is 2.52. The number of carbonyl (C=O) groups is 1. The highest BCUT2D eigenvalue weighted by molar-refractivity contribution is 9.10. The van der Waals surface area contributed by atoms with E-state index in [1.54, 1.807) is 11.8 Å². The fourth-order valence-corrected chi connectivity index (χ4v) is 4.45. The Kier molecular flexibility index (Phi) is 5.89. The van der Waals surface area contributed by atoms with Crippen LogP contribution in [0.2, 0.25) is 0 Å². The summed E-state index contributed by atoms with van der Waals surface area (Å²) in [6.45, 7) is 0. The third-order valence-electron chi connectivity index (χ3n) is 3.74. The van der Waals surface area contributed by atoms with E-state index >= 15 is 0 Å². The van der Waals surface area contributed by atoms with Crippen molar-refractivity contribution in [3.05, 3.63) is 101 Å². The lowest BCUT2D eigenvalue weighted by molar-refractivity contribution is 0.0982. The zero-order valence-electron chi connectivity index (χ0n) is 13.1. The van der Waals surface area contributed by atoms with Gasteiger partial charge in [-0.25, -0.2) is 0 Å². The Balaban J connectivity index is 1.87. The Hall–Kier alpha value is -1.84. The average Bonchev–Trinajstić information content (AvgIpc) is 2.63. The van der Waals surface area contributed by atoms with Crippen LogP contribution in [-0.4, -0.2) is 5.78 Å². The normalized spacial score (nSPS) is 11.9. The molecular weight excluding hydrogens is 380 g/mol. The lowest BCUT2D eigenvalue weighted by Crippen LogP contribution is -2.06. The molecule has 3 rings (SSSR count). The van der Waals surface area contributed by atoms with Crippen LogP contribution < -0.4 is 0 Å². The molecule has 24 heavy (non-hydrogen) atoms. The third-order valence-corrected chi connectivity index (χ3v) is 5.71. The summed E-state index contributed by atoms with van der Waals surface area (Å²) in [7, 11) is 0. The van der Waals surface area contributed by atoms with Gasteiger partial charge in [0.2, 0.25) is 0 Å². The van der Waals surface area contributed by atoms with Gasteiger partial charge in [0.25, 0.3) is 0 Å². The third kappa shape index (κ3) is 4.37. The number of halogens is 1. The molecule has 3 aromatic carbocycles. The molecule has 1 unspecified atom stereocenters. The minimum absolute atomic E-state index is 0.0654. The number of thioether (sulfide) groups is 1. The van der Waals surface area contributed by atoms with E-state index in [0.29, 0.717) is 6.42 Å². The number of benzene rings is 3. The summed E-state index contributed by atoms with van der Waals surface area (Å²) in [4.78, 5) is 13.9. The number of carbonyl (C=O) groups excluding carboxylic acids is 1. The van der Waals surface area contributed by atoms with Crippen LogP contribution >= 0.6 is 27.7 Å². The van der Waals surface area contributed by atoms with E-state index < -0.39 is 0 Å². The zero-order valence-corrected chi connectivity index (χ0v) is 15.5. The summed E-state index contributed by atoms with van der Waals surface area (Å²) >= 11 is 5.36. The molecule has 0 aliphatic rings. The van der Waals surface area contributed by atoms with Crippen molar-refractivity contribution in [1.29, 1.82) is 0 Å². The Morgan fingerprint density at radius 3 is 2.08 bits per heavy atom. The molecule has 120 valence electrons. The summed E-state index contributed by atoms with van der Waals surface area (Å²) in [5.74, 6) is 0.166. The van der Waals surface area contributed by atoms with Gasteiger partial charge in [0, 0.05) is 26.6 Å². The monoisotopic (exact) mass is 396 g/mol. The van der Waals surface area contributed by atoms with Gasteiger partial charge in [-0.3, -0.25) is 4.79 Å². The molecule has 3 aromatic rings. The van der Waals surface area contributed by atoms with Crippen LogP contribution in [0, 0.1) is 0 Å². The maximum Gasteiger partial charge on any atom is 0.164 e. The molecule has 0 radical (unpaired) electrons. The van der Waals surface area contributed by atoms with Gasteiger partial charge in [-0.05, 0) is 23.8 Å². The smallest absolute Gasteiger partial charge is 0.164 e.